The first kappa shape index (κ1) is 12.2. The van der Waals surface area contributed by atoms with Crippen molar-refractivity contribution in [2.24, 2.45) is 0 Å². The van der Waals surface area contributed by atoms with Crippen LogP contribution in [-0.2, 0) is 0 Å². The Hall–Kier alpha value is -1.29. The van der Waals surface area contributed by atoms with Gasteiger partial charge in [0.25, 0.3) is 0 Å². The third-order valence-corrected chi connectivity index (χ3v) is 3.33. The molecule has 3 nitrogen and oxygen atoms in total. The second-order valence-electron chi connectivity index (χ2n) is 4.62. The zero-order chi connectivity index (χ0) is 12.3. The van der Waals surface area contributed by atoms with E-state index in [4.69, 9.17) is 10.5 Å². The maximum atomic E-state index is 13.0. The van der Waals surface area contributed by atoms with Crippen LogP contribution < -0.4 is 10.5 Å². The van der Waals surface area contributed by atoms with Gasteiger partial charge < -0.3 is 15.4 Å². The molecule has 0 radical (unpaired) electrons. The highest BCUT2D eigenvalue weighted by Crippen LogP contribution is 2.23. The largest absolute Gasteiger partial charge is 0.490 e. The summed E-state index contributed by atoms with van der Waals surface area (Å²) < 4.78 is 18.7. The van der Waals surface area contributed by atoms with Crippen LogP contribution in [0.25, 0.3) is 0 Å². The molecule has 1 unspecified atom stereocenters. The topological polar surface area (TPSA) is 38.5 Å². The van der Waals surface area contributed by atoms with Gasteiger partial charge >= 0.3 is 0 Å². The van der Waals surface area contributed by atoms with E-state index in [-0.39, 0.29) is 5.82 Å². The Balaban J connectivity index is 1.94. The quantitative estimate of drug-likeness (QED) is 0.821. The summed E-state index contributed by atoms with van der Waals surface area (Å²) in [6.45, 7) is 1.68. The number of nitrogen functional groups attached to an aromatic ring is 1. The van der Waals surface area contributed by atoms with Crippen molar-refractivity contribution < 1.29 is 9.13 Å². The number of hydrogen-bond donors (Lipinski definition) is 1. The van der Waals surface area contributed by atoms with Crippen LogP contribution in [0.1, 0.15) is 19.3 Å². The number of anilines is 1. The van der Waals surface area contributed by atoms with Gasteiger partial charge in [0.15, 0.2) is 0 Å². The Morgan fingerprint density at radius 3 is 3.06 bits per heavy atom. The molecule has 1 saturated heterocycles. The number of nitrogens with two attached hydrogens (primary N) is 1. The minimum Gasteiger partial charge on any atom is -0.490 e. The second-order valence-corrected chi connectivity index (χ2v) is 4.62. The first-order chi connectivity index (χ1) is 8.16. The highest BCUT2D eigenvalue weighted by atomic mass is 19.1. The molecule has 94 valence electrons. The van der Waals surface area contributed by atoms with Gasteiger partial charge in [-0.3, -0.25) is 0 Å². The molecule has 17 heavy (non-hydrogen) atoms. The molecule has 2 rings (SSSR count). The average Bonchev–Trinajstić information content (AvgIpc) is 2.32. The third-order valence-electron chi connectivity index (χ3n) is 3.33. The van der Waals surface area contributed by atoms with Gasteiger partial charge in [0.05, 0.1) is 5.69 Å². The fourth-order valence-electron chi connectivity index (χ4n) is 2.17. The summed E-state index contributed by atoms with van der Waals surface area (Å²) in [5.41, 5.74) is 6.23. The van der Waals surface area contributed by atoms with Crippen molar-refractivity contribution in [3.05, 3.63) is 24.0 Å². The van der Waals surface area contributed by atoms with Gasteiger partial charge in [-0.05, 0) is 38.6 Å². The van der Waals surface area contributed by atoms with Crippen LogP contribution >= 0.6 is 0 Å². The van der Waals surface area contributed by atoms with E-state index in [9.17, 15) is 4.39 Å². The fraction of sp³-hybridized carbons (Fsp3) is 0.538. The van der Waals surface area contributed by atoms with E-state index in [0.29, 0.717) is 24.1 Å². The van der Waals surface area contributed by atoms with Crippen LogP contribution in [-0.4, -0.2) is 31.1 Å². The molecule has 1 aliphatic rings. The molecule has 0 saturated carbocycles. The number of benzene rings is 1. The Kier molecular flexibility index (Phi) is 3.84. The van der Waals surface area contributed by atoms with E-state index >= 15 is 0 Å². The van der Waals surface area contributed by atoms with Gasteiger partial charge in [-0.2, -0.15) is 0 Å². The van der Waals surface area contributed by atoms with Gasteiger partial charge in [0.1, 0.15) is 18.2 Å². The van der Waals surface area contributed by atoms with Crippen molar-refractivity contribution in [1.29, 1.82) is 0 Å². The lowest BCUT2D eigenvalue weighted by Gasteiger charge is -2.32. The van der Waals surface area contributed by atoms with Crippen molar-refractivity contribution in [2.75, 3.05) is 25.9 Å². The summed E-state index contributed by atoms with van der Waals surface area (Å²) in [6.07, 6.45) is 3.61. The summed E-state index contributed by atoms with van der Waals surface area (Å²) in [5, 5.41) is 0. The van der Waals surface area contributed by atoms with Crippen molar-refractivity contribution in [1.82, 2.24) is 4.90 Å². The molecule has 1 aliphatic heterocycles. The monoisotopic (exact) mass is 238 g/mol. The van der Waals surface area contributed by atoms with Crippen LogP contribution in [0.15, 0.2) is 18.2 Å². The molecular formula is C13H19FN2O. The average molecular weight is 238 g/mol. The van der Waals surface area contributed by atoms with Crippen molar-refractivity contribution in [3.63, 3.8) is 0 Å². The van der Waals surface area contributed by atoms with Crippen LogP contribution in [0, 0.1) is 5.82 Å². The van der Waals surface area contributed by atoms with E-state index in [1.807, 2.05) is 0 Å². The van der Waals surface area contributed by atoms with Gasteiger partial charge in [-0.1, -0.05) is 6.42 Å². The molecule has 4 heteroatoms. The van der Waals surface area contributed by atoms with Gasteiger partial charge in [-0.25, -0.2) is 4.39 Å². The minimum absolute atomic E-state index is 0.314. The van der Waals surface area contributed by atoms with Crippen molar-refractivity contribution in [3.8, 4) is 5.75 Å². The SMILES string of the molecule is CN1CCCCC1COc1cc(F)ccc1N. The highest BCUT2D eigenvalue weighted by Gasteiger charge is 2.19. The summed E-state index contributed by atoms with van der Waals surface area (Å²) in [7, 11) is 2.10. The Bertz CT molecular complexity index is 384. The number of hydrogen-bond acceptors (Lipinski definition) is 3. The van der Waals surface area contributed by atoms with Crippen LogP contribution in [0.4, 0.5) is 10.1 Å². The lowest BCUT2D eigenvalue weighted by atomic mass is 10.0. The molecule has 1 heterocycles. The van der Waals surface area contributed by atoms with E-state index in [0.717, 1.165) is 13.0 Å². The molecule has 0 amide bonds. The van der Waals surface area contributed by atoms with E-state index in [1.165, 1.54) is 31.0 Å². The number of ether oxygens (including phenoxy) is 1. The molecule has 2 N–H and O–H groups in total. The Morgan fingerprint density at radius 2 is 2.29 bits per heavy atom. The lowest BCUT2D eigenvalue weighted by molar-refractivity contribution is 0.125. The number of piperidine rings is 1. The minimum atomic E-state index is -0.314. The molecule has 0 aliphatic carbocycles. The third kappa shape index (κ3) is 3.09. The Morgan fingerprint density at radius 1 is 1.47 bits per heavy atom. The van der Waals surface area contributed by atoms with E-state index in [2.05, 4.69) is 11.9 Å². The molecule has 1 fully saturated rings. The number of halogens is 1. The van der Waals surface area contributed by atoms with Crippen molar-refractivity contribution >= 4 is 5.69 Å². The van der Waals surface area contributed by atoms with Crippen LogP contribution in [0.3, 0.4) is 0 Å². The molecule has 0 aromatic heterocycles. The summed E-state index contributed by atoms with van der Waals surface area (Å²) in [5.74, 6) is 0.134. The summed E-state index contributed by atoms with van der Waals surface area (Å²) >= 11 is 0. The van der Waals surface area contributed by atoms with Crippen LogP contribution in [0.2, 0.25) is 0 Å². The first-order valence-corrected chi connectivity index (χ1v) is 6.05. The van der Waals surface area contributed by atoms with Gasteiger partial charge in [0.2, 0.25) is 0 Å². The maximum Gasteiger partial charge on any atom is 0.145 e. The summed E-state index contributed by atoms with van der Waals surface area (Å²) in [4.78, 5) is 2.29. The predicted octanol–water partition coefficient (Wildman–Crippen LogP) is 2.27. The molecule has 1 aromatic carbocycles. The normalized spacial score (nSPS) is 21.4. The molecule has 1 atom stereocenters. The van der Waals surface area contributed by atoms with Crippen molar-refractivity contribution in [2.45, 2.75) is 25.3 Å². The second kappa shape index (κ2) is 5.36. The van der Waals surface area contributed by atoms with E-state index < -0.39 is 0 Å². The standard InChI is InChI=1S/C13H19FN2O/c1-16-7-3-2-4-11(16)9-17-13-8-10(14)5-6-12(13)15/h5-6,8,11H,2-4,7,9,15H2,1H3. The molecule has 0 bridgehead atoms. The lowest BCUT2D eigenvalue weighted by Crippen LogP contribution is -2.40. The van der Waals surface area contributed by atoms with Gasteiger partial charge in [-0.15, -0.1) is 0 Å². The zero-order valence-electron chi connectivity index (χ0n) is 10.2. The first-order valence-electron chi connectivity index (χ1n) is 6.05. The van der Waals surface area contributed by atoms with Crippen LogP contribution in [0.5, 0.6) is 5.75 Å². The smallest absolute Gasteiger partial charge is 0.145 e. The molecule has 0 spiro atoms. The molecule has 1 aromatic rings. The Labute approximate surface area is 101 Å². The predicted molar refractivity (Wildman–Crippen MR) is 66.6 cm³/mol. The zero-order valence-corrected chi connectivity index (χ0v) is 10.2. The van der Waals surface area contributed by atoms with Gasteiger partial charge in [0, 0.05) is 12.1 Å². The maximum absolute atomic E-state index is 13.0. The number of likely N-dealkylation sites (N-methyl/N-ethyl adjacent to an activating group) is 1. The highest BCUT2D eigenvalue weighted by molar-refractivity contribution is 5.52. The fourth-order valence-corrected chi connectivity index (χ4v) is 2.17. The van der Waals surface area contributed by atoms with E-state index in [1.54, 1.807) is 0 Å². The number of nitrogens with zero attached hydrogens (tertiary/aromatic N) is 1. The number of rotatable bonds is 3. The molecular weight excluding hydrogens is 219 g/mol. The summed E-state index contributed by atoms with van der Waals surface area (Å²) in [6, 6.07) is 4.63. The number of likely N-dealkylation sites (tertiary alicyclic amines) is 1.